The highest BCUT2D eigenvalue weighted by Crippen LogP contribution is 2.27. The van der Waals surface area contributed by atoms with Crippen molar-refractivity contribution in [2.45, 2.75) is 4.90 Å². The van der Waals surface area contributed by atoms with Crippen LogP contribution in [-0.2, 0) is 0 Å². The highest BCUT2D eigenvalue weighted by atomic mass is 79.9. The molecule has 2 aromatic rings. The summed E-state index contributed by atoms with van der Waals surface area (Å²) in [6.45, 7) is 0.357. The number of ether oxygens (including phenoxy) is 1. The summed E-state index contributed by atoms with van der Waals surface area (Å²) in [6, 6.07) is 9.59. The SMILES string of the molecule is Nc1cc(F)c(SCCOc2ccc(Br)cc2)c(F)c1. The molecule has 2 rings (SSSR count). The van der Waals surface area contributed by atoms with Crippen molar-refractivity contribution in [3.05, 3.63) is 52.5 Å². The molecule has 0 aliphatic heterocycles. The maximum Gasteiger partial charge on any atom is 0.141 e. The van der Waals surface area contributed by atoms with Crippen molar-refractivity contribution >= 4 is 33.4 Å². The van der Waals surface area contributed by atoms with Crippen molar-refractivity contribution in [1.82, 2.24) is 0 Å². The minimum absolute atomic E-state index is 0.0291. The highest BCUT2D eigenvalue weighted by molar-refractivity contribution is 9.10. The van der Waals surface area contributed by atoms with Gasteiger partial charge >= 0.3 is 0 Å². The van der Waals surface area contributed by atoms with Crippen molar-refractivity contribution in [2.24, 2.45) is 0 Å². The molecule has 0 amide bonds. The molecule has 6 heteroatoms. The van der Waals surface area contributed by atoms with Gasteiger partial charge in [-0.3, -0.25) is 0 Å². The second-order valence-electron chi connectivity index (χ2n) is 3.96. The standard InChI is InChI=1S/C14H12BrF2NOS/c15-9-1-3-11(4-2-9)19-5-6-20-14-12(16)7-10(18)8-13(14)17/h1-4,7-8H,5-6,18H2. The Morgan fingerprint density at radius 3 is 2.30 bits per heavy atom. The molecule has 2 N–H and O–H groups in total. The van der Waals surface area contributed by atoms with Crippen LogP contribution in [0.1, 0.15) is 0 Å². The Morgan fingerprint density at radius 2 is 1.70 bits per heavy atom. The van der Waals surface area contributed by atoms with Gasteiger partial charge in [0, 0.05) is 15.9 Å². The van der Waals surface area contributed by atoms with Crippen LogP contribution in [-0.4, -0.2) is 12.4 Å². The van der Waals surface area contributed by atoms with E-state index < -0.39 is 11.6 Å². The van der Waals surface area contributed by atoms with E-state index in [1.165, 1.54) is 0 Å². The number of thioether (sulfide) groups is 1. The van der Waals surface area contributed by atoms with Crippen LogP contribution >= 0.6 is 27.7 Å². The monoisotopic (exact) mass is 359 g/mol. The Hall–Kier alpha value is -1.27. The summed E-state index contributed by atoms with van der Waals surface area (Å²) in [5.74, 6) is -0.132. The number of benzene rings is 2. The molecule has 0 saturated carbocycles. The van der Waals surface area contributed by atoms with Gasteiger partial charge in [0.05, 0.1) is 11.5 Å². The first-order chi connectivity index (χ1) is 9.56. The first kappa shape index (κ1) is 15.1. The average Bonchev–Trinajstić information content (AvgIpc) is 2.39. The van der Waals surface area contributed by atoms with Gasteiger partial charge in [0.25, 0.3) is 0 Å². The first-order valence-electron chi connectivity index (χ1n) is 5.82. The molecule has 0 saturated heterocycles. The first-order valence-corrected chi connectivity index (χ1v) is 7.60. The van der Waals surface area contributed by atoms with Crippen molar-refractivity contribution in [3.63, 3.8) is 0 Å². The number of nitrogen functional groups attached to an aromatic ring is 1. The van der Waals surface area contributed by atoms with Crippen molar-refractivity contribution in [1.29, 1.82) is 0 Å². The predicted octanol–water partition coefficient (Wildman–Crippen LogP) is 4.48. The van der Waals surface area contributed by atoms with Crippen LogP contribution in [0.5, 0.6) is 5.75 Å². The summed E-state index contributed by atoms with van der Waals surface area (Å²) in [5, 5.41) is 0. The van der Waals surface area contributed by atoms with Gasteiger partial charge in [-0.1, -0.05) is 15.9 Å². The molecule has 0 spiro atoms. The predicted molar refractivity (Wildman–Crippen MR) is 81.1 cm³/mol. The molecular weight excluding hydrogens is 348 g/mol. The Bertz CT molecular complexity index is 569. The molecular formula is C14H12BrF2NOS. The number of hydrogen-bond donors (Lipinski definition) is 1. The zero-order valence-corrected chi connectivity index (χ0v) is 12.8. The van der Waals surface area contributed by atoms with Gasteiger partial charge < -0.3 is 10.5 Å². The minimum Gasteiger partial charge on any atom is -0.493 e. The summed E-state index contributed by atoms with van der Waals surface area (Å²) in [7, 11) is 0. The average molecular weight is 360 g/mol. The third-order valence-corrected chi connectivity index (χ3v) is 4.01. The zero-order valence-electron chi connectivity index (χ0n) is 10.4. The maximum absolute atomic E-state index is 13.5. The van der Waals surface area contributed by atoms with Crippen LogP contribution in [0.15, 0.2) is 45.8 Å². The number of halogens is 3. The summed E-state index contributed by atoms with van der Waals surface area (Å²) in [4.78, 5) is -0.0291. The van der Waals surface area contributed by atoms with Gasteiger partial charge in [0.2, 0.25) is 0 Å². The number of nitrogens with two attached hydrogens (primary N) is 1. The maximum atomic E-state index is 13.5. The van der Waals surface area contributed by atoms with Crippen LogP contribution in [0.4, 0.5) is 14.5 Å². The minimum atomic E-state index is -0.642. The van der Waals surface area contributed by atoms with E-state index in [-0.39, 0.29) is 10.6 Å². The molecule has 2 nitrogen and oxygen atoms in total. The molecule has 0 radical (unpaired) electrons. The quantitative estimate of drug-likeness (QED) is 0.485. The fourth-order valence-electron chi connectivity index (χ4n) is 1.55. The third kappa shape index (κ3) is 4.11. The Labute approximate surface area is 128 Å². The topological polar surface area (TPSA) is 35.2 Å². The van der Waals surface area contributed by atoms with Crippen molar-refractivity contribution < 1.29 is 13.5 Å². The van der Waals surface area contributed by atoms with E-state index in [0.29, 0.717) is 18.1 Å². The number of hydrogen-bond acceptors (Lipinski definition) is 3. The largest absolute Gasteiger partial charge is 0.493 e. The summed E-state index contributed by atoms with van der Waals surface area (Å²) in [5.41, 5.74) is 5.43. The lowest BCUT2D eigenvalue weighted by atomic mass is 10.3. The molecule has 0 unspecified atom stereocenters. The molecule has 0 aromatic heterocycles. The fourth-order valence-corrected chi connectivity index (χ4v) is 2.58. The summed E-state index contributed by atoms with van der Waals surface area (Å²) in [6.07, 6.45) is 0. The van der Waals surface area contributed by atoms with E-state index in [1.54, 1.807) is 0 Å². The summed E-state index contributed by atoms with van der Waals surface area (Å²) >= 11 is 4.39. The smallest absolute Gasteiger partial charge is 0.141 e. The third-order valence-electron chi connectivity index (χ3n) is 2.43. The van der Waals surface area contributed by atoms with E-state index in [4.69, 9.17) is 10.5 Å². The molecule has 0 fully saturated rings. The molecule has 20 heavy (non-hydrogen) atoms. The van der Waals surface area contributed by atoms with Crippen LogP contribution in [0.25, 0.3) is 0 Å². The molecule has 0 aliphatic rings. The molecule has 0 bridgehead atoms. The van der Waals surface area contributed by atoms with Gasteiger partial charge in [0.1, 0.15) is 17.4 Å². The van der Waals surface area contributed by atoms with E-state index in [1.807, 2.05) is 24.3 Å². The lowest BCUT2D eigenvalue weighted by Gasteiger charge is -2.08. The van der Waals surface area contributed by atoms with E-state index in [2.05, 4.69) is 15.9 Å². The van der Waals surface area contributed by atoms with Crippen LogP contribution in [0.3, 0.4) is 0 Å². The van der Waals surface area contributed by atoms with Gasteiger partial charge in [0.15, 0.2) is 0 Å². The normalized spacial score (nSPS) is 10.6. The Balaban J connectivity index is 1.86. The molecule has 0 heterocycles. The molecule has 106 valence electrons. The molecule has 0 atom stereocenters. The number of anilines is 1. The van der Waals surface area contributed by atoms with Crippen LogP contribution in [0.2, 0.25) is 0 Å². The molecule has 2 aromatic carbocycles. The second kappa shape index (κ2) is 6.95. The Morgan fingerprint density at radius 1 is 1.10 bits per heavy atom. The fraction of sp³-hybridized carbons (Fsp3) is 0.143. The van der Waals surface area contributed by atoms with Gasteiger partial charge in [-0.2, -0.15) is 0 Å². The lowest BCUT2D eigenvalue weighted by Crippen LogP contribution is -2.01. The number of rotatable bonds is 5. The Kier molecular flexibility index (Phi) is 5.25. The van der Waals surface area contributed by atoms with E-state index >= 15 is 0 Å². The van der Waals surface area contributed by atoms with Gasteiger partial charge in [-0.15, -0.1) is 11.8 Å². The van der Waals surface area contributed by atoms with Gasteiger partial charge in [-0.25, -0.2) is 8.78 Å². The van der Waals surface area contributed by atoms with Gasteiger partial charge in [-0.05, 0) is 36.4 Å². The van der Waals surface area contributed by atoms with Crippen molar-refractivity contribution in [2.75, 3.05) is 18.1 Å². The highest BCUT2D eigenvalue weighted by Gasteiger charge is 2.10. The van der Waals surface area contributed by atoms with E-state index in [9.17, 15) is 8.78 Å². The second-order valence-corrected chi connectivity index (χ2v) is 5.99. The molecule has 0 aliphatic carbocycles. The van der Waals surface area contributed by atoms with Crippen LogP contribution in [0, 0.1) is 11.6 Å². The zero-order chi connectivity index (χ0) is 14.5. The van der Waals surface area contributed by atoms with Crippen LogP contribution < -0.4 is 10.5 Å². The van der Waals surface area contributed by atoms with E-state index in [0.717, 1.165) is 28.4 Å². The summed E-state index contributed by atoms with van der Waals surface area (Å²) < 4.78 is 33.5. The lowest BCUT2D eigenvalue weighted by molar-refractivity contribution is 0.344. The van der Waals surface area contributed by atoms with Crippen molar-refractivity contribution in [3.8, 4) is 5.75 Å².